The lowest BCUT2D eigenvalue weighted by atomic mass is 9.36. The number of nitrogens with zero attached hydrogens (tertiary/aromatic N) is 3. The maximum absolute atomic E-state index is 6.75. The average Bonchev–Trinajstić information content (AvgIpc) is 3.89. The van der Waals surface area contributed by atoms with Gasteiger partial charge in [-0.2, -0.15) is 0 Å². The highest BCUT2D eigenvalue weighted by Crippen LogP contribution is 2.51. The fraction of sp³-hybridized carbons (Fsp3) is 0.151. The van der Waals surface area contributed by atoms with Crippen LogP contribution in [-0.4, -0.2) is 14.8 Å². The Hall–Kier alpha value is -8.36. The van der Waals surface area contributed by atoms with Crippen LogP contribution in [0.3, 0.4) is 0 Å². The van der Waals surface area contributed by atoms with Gasteiger partial charge >= 0.3 is 0 Å². The highest BCUT2D eigenvalue weighted by Gasteiger charge is 2.50. The van der Waals surface area contributed by atoms with E-state index in [1.165, 1.54) is 75.5 Å². The summed E-state index contributed by atoms with van der Waals surface area (Å²) >= 11 is 1.95. The van der Waals surface area contributed by atoms with Crippen molar-refractivity contribution in [3.05, 3.63) is 254 Å². The third-order valence-corrected chi connectivity index (χ3v) is 24.3. The number of fused-ring (bicyclic) bond motifs is 6. The molecule has 0 bridgehead atoms. The first kappa shape index (κ1) is 51.1. The molecular formula is C73H66BN3OSSi. The quantitative estimate of drug-likeness (QED) is 0.114. The van der Waals surface area contributed by atoms with E-state index in [2.05, 4.69) is 282 Å². The molecule has 0 saturated heterocycles. The van der Waals surface area contributed by atoms with Crippen LogP contribution in [0.5, 0.6) is 11.5 Å². The Morgan fingerprint density at radius 1 is 0.487 bits per heavy atom. The maximum Gasteiger partial charge on any atom is 0.264 e. The number of benzene rings is 10. The van der Waals surface area contributed by atoms with Crippen molar-refractivity contribution in [2.75, 3.05) is 14.7 Å². The van der Waals surface area contributed by atoms with E-state index in [1.807, 2.05) is 41.7 Å². The standard InChI is InChI=1S/C73H66BN3OSSi/c1-49(2)80(50(3)4,62-34-21-23-51(5)43-62)63-47-67-70-68(48-63)77(57-38-36-54(37-39-57)73(6,7)8)71-64-44-53(52-24-13-9-14-25-52)35-42-69(64)79-72(71)74(70)65-41-40-59(75(55-26-15-10-16-27-55)56-28-17-11-18-29-56)46-66(65)76(67)58-30-22-33-61(45-58)78-60-31-19-12-20-32-60/h9-50H,1-8H3. The van der Waals surface area contributed by atoms with Crippen molar-refractivity contribution in [2.45, 2.75) is 71.9 Å². The van der Waals surface area contributed by atoms with E-state index in [1.54, 1.807) is 0 Å². The Kier molecular flexibility index (Phi) is 13.0. The molecular weight excluding hydrogens is 1010 g/mol. The Bertz CT molecular complexity index is 4020. The monoisotopic (exact) mass is 1070 g/mol. The van der Waals surface area contributed by atoms with E-state index in [0.29, 0.717) is 11.1 Å². The first-order chi connectivity index (χ1) is 38.9. The number of ether oxygens (including phenoxy) is 1. The molecule has 2 aliphatic heterocycles. The molecule has 0 spiro atoms. The molecule has 13 rings (SSSR count). The molecule has 4 nitrogen and oxygen atoms in total. The van der Waals surface area contributed by atoms with Gasteiger partial charge in [0.2, 0.25) is 0 Å². The zero-order chi connectivity index (χ0) is 54.9. The lowest BCUT2D eigenvalue weighted by Crippen LogP contribution is -2.65. The Morgan fingerprint density at radius 2 is 1.10 bits per heavy atom. The van der Waals surface area contributed by atoms with Crippen molar-refractivity contribution in [1.82, 2.24) is 0 Å². The van der Waals surface area contributed by atoms with Gasteiger partial charge in [-0.3, -0.25) is 0 Å². The largest absolute Gasteiger partial charge is 0.457 e. The van der Waals surface area contributed by atoms with Crippen molar-refractivity contribution in [2.24, 2.45) is 0 Å². The van der Waals surface area contributed by atoms with Crippen LogP contribution in [0.2, 0.25) is 11.1 Å². The van der Waals surface area contributed by atoms with Crippen molar-refractivity contribution < 1.29 is 4.74 Å². The van der Waals surface area contributed by atoms with Gasteiger partial charge in [-0.1, -0.05) is 199 Å². The van der Waals surface area contributed by atoms with Crippen molar-refractivity contribution >= 4 is 113 Å². The fourth-order valence-corrected chi connectivity index (χ4v) is 20.5. The molecule has 0 radical (unpaired) electrons. The molecule has 80 heavy (non-hydrogen) atoms. The van der Waals surface area contributed by atoms with Crippen LogP contribution < -0.4 is 45.5 Å². The second-order valence-electron chi connectivity index (χ2n) is 23.4. The number of aryl methyl sites for hydroxylation is 1. The SMILES string of the molecule is Cc1cccc([Si](c2cc3c4c(c2)N(c2ccc(C(C)(C)C)cc2)c2c(sc5ccc(-c6ccccc6)cc25)B4c2ccc(N(c4ccccc4)c4ccccc4)cc2N3c2cccc(Oc3ccccc3)c2)(C(C)C)C(C)C)c1. The zero-order valence-corrected chi connectivity index (χ0v) is 48.8. The number of hydrogen-bond acceptors (Lipinski definition) is 5. The predicted molar refractivity (Wildman–Crippen MR) is 348 cm³/mol. The average molecular weight is 1070 g/mol. The van der Waals surface area contributed by atoms with Gasteiger partial charge in [0.25, 0.3) is 6.71 Å². The van der Waals surface area contributed by atoms with Gasteiger partial charge in [-0.15, -0.1) is 11.3 Å². The molecule has 11 aromatic rings. The molecule has 0 unspecified atom stereocenters. The number of anilines is 9. The molecule has 10 aromatic carbocycles. The fourth-order valence-electron chi connectivity index (χ4n) is 13.3. The second-order valence-corrected chi connectivity index (χ2v) is 29.7. The van der Waals surface area contributed by atoms with E-state index < -0.39 is 8.07 Å². The van der Waals surface area contributed by atoms with Gasteiger partial charge in [-0.05, 0) is 153 Å². The molecule has 2 aliphatic rings. The van der Waals surface area contributed by atoms with Gasteiger partial charge in [0.05, 0.1) is 5.69 Å². The summed E-state index contributed by atoms with van der Waals surface area (Å²) in [6, 6.07) is 90.2. The van der Waals surface area contributed by atoms with Crippen LogP contribution in [-0.2, 0) is 5.41 Å². The number of para-hydroxylation sites is 3. The third-order valence-electron chi connectivity index (χ3n) is 16.9. The highest BCUT2D eigenvalue weighted by atomic mass is 32.1. The lowest BCUT2D eigenvalue weighted by Gasteiger charge is -2.46. The molecule has 392 valence electrons. The molecule has 0 fully saturated rings. The van der Waals surface area contributed by atoms with Gasteiger partial charge in [0.1, 0.15) is 19.6 Å². The summed E-state index contributed by atoms with van der Waals surface area (Å²) in [7, 11) is -2.67. The van der Waals surface area contributed by atoms with Crippen molar-refractivity contribution in [3.63, 3.8) is 0 Å². The summed E-state index contributed by atoms with van der Waals surface area (Å²) in [5.41, 5.74) is 18.6. The highest BCUT2D eigenvalue weighted by molar-refractivity contribution is 7.33. The number of rotatable bonds is 12. The minimum absolute atomic E-state index is 0.0125. The van der Waals surface area contributed by atoms with Crippen LogP contribution in [0.15, 0.2) is 243 Å². The van der Waals surface area contributed by atoms with Gasteiger partial charge in [-0.25, -0.2) is 0 Å². The minimum Gasteiger partial charge on any atom is -0.457 e. The van der Waals surface area contributed by atoms with Gasteiger partial charge in [0.15, 0.2) is 0 Å². The summed E-state index contributed by atoms with van der Waals surface area (Å²) in [4.78, 5) is 7.66. The second kappa shape index (κ2) is 20.4. The molecule has 0 N–H and O–H groups in total. The molecule has 0 saturated carbocycles. The number of hydrogen-bond donors (Lipinski definition) is 0. The van der Waals surface area contributed by atoms with E-state index >= 15 is 0 Å². The van der Waals surface area contributed by atoms with Crippen LogP contribution in [0.1, 0.15) is 59.6 Å². The zero-order valence-electron chi connectivity index (χ0n) is 47.0. The van der Waals surface area contributed by atoms with Crippen LogP contribution in [0, 0.1) is 6.92 Å². The topological polar surface area (TPSA) is 19.0 Å². The maximum atomic E-state index is 6.75. The predicted octanol–water partition coefficient (Wildman–Crippen LogP) is 17.9. The normalized spacial score (nSPS) is 12.9. The molecule has 0 amide bonds. The van der Waals surface area contributed by atoms with Crippen LogP contribution in [0.25, 0.3) is 21.2 Å². The van der Waals surface area contributed by atoms with Gasteiger partial charge in [0, 0.05) is 66.4 Å². The first-order valence-electron chi connectivity index (χ1n) is 28.3. The molecule has 0 atom stereocenters. The Balaban J connectivity index is 1.17. The molecule has 3 heterocycles. The molecule has 0 aliphatic carbocycles. The molecule has 1 aromatic heterocycles. The van der Waals surface area contributed by atoms with Crippen molar-refractivity contribution in [3.8, 4) is 22.6 Å². The summed E-state index contributed by atoms with van der Waals surface area (Å²) in [6.07, 6.45) is 0. The van der Waals surface area contributed by atoms with E-state index in [4.69, 9.17) is 4.74 Å². The van der Waals surface area contributed by atoms with Crippen LogP contribution >= 0.6 is 11.3 Å². The summed E-state index contributed by atoms with van der Waals surface area (Å²) < 4.78 is 9.37. The lowest BCUT2D eigenvalue weighted by molar-refractivity contribution is 0.483. The Labute approximate surface area is 478 Å². The number of thiophene rings is 1. The Morgan fingerprint density at radius 3 is 1.74 bits per heavy atom. The first-order valence-corrected chi connectivity index (χ1v) is 31.3. The minimum atomic E-state index is -2.67. The third kappa shape index (κ3) is 8.75. The smallest absolute Gasteiger partial charge is 0.264 e. The molecule has 7 heteroatoms. The van der Waals surface area contributed by atoms with E-state index in [-0.39, 0.29) is 12.1 Å². The van der Waals surface area contributed by atoms with Crippen LogP contribution in [0.4, 0.5) is 51.2 Å². The summed E-state index contributed by atoms with van der Waals surface area (Å²) in [5.74, 6) is 1.58. The van der Waals surface area contributed by atoms with Gasteiger partial charge < -0.3 is 19.4 Å². The summed E-state index contributed by atoms with van der Waals surface area (Å²) in [6.45, 7) is 19.1. The van der Waals surface area contributed by atoms with Crippen molar-refractivity contribution in [1.29, 1.82) is 0 Å². The van der Waals surface area contributed by atoms with E-state index in [9.17, 15) is 0 Å². The summed E-state index contributed by atoms with van der Waals surface area (Å²) in [5, 5.41) is 4.17. The van der Waals surface area contributed by atoms with E-state index in [0.717, 1.165) is 45.6 Å².